The fourth-order valence-electron chi connectivity index (χ4n) is 2.14. The van der Waals surface area contributed by atoms with Gasteiger partial charge in [0.2, 0.25) is 0 Å². The van der Waals surface area contributed by atoms with Crippen molar-refractivity contribution in [3.05, 3.63) is 23.4 Å². The van der Waals surface area contributed by atoms with Gasteiger partial charge in [0.05, 0.1) is 6.61 Å². The molecule has 1 rings (SSSR count). The highest BCUT2D eigenvalue weighted by atomic mass is 16.3. The maximum Gasteiger partial charge on any atom is 0.129 e. The molecule has 21 heavy (non-hydrogen) atoms. The standard InChI is InChI=1S/C17H31N3O/c1-7-8-20(10-9-19(5)6)16-12-14(13-21)11-15(18-16)17(2,3)4/h11-12,21H,7-10,13H2,1-6H3. The van der Waals surface area contributed by atoms with Gasteiger partial charge >= 0.3 is 0 Å². The maximum atomic E-state index is 9.53. The number of rotatable bonds is 7. The number of likely N-dealkylation sites (N-methyl/N-ethyl adjacent to an activating group) is 1. The van der Waals surface area contributed by atoms with Gasteiger partial charge in [-0.2, -0.15) is 0 Å². The Hall–Kier alpha value is -1.13. The molecule has 0 saturated heterocycles. The van der Waals surface area contributed by atoms with Gasteiger partial charge in [-0.3, -0.25) is 0 Å². The Morgan fingerprint density at radius 3 is 2.24 bits per heavy atom. The van der Waals surface area contributed by atoms with Crippen LogP contribution in [-0.4, -0.2) is 48.7 Å². The van der Waals surface area contributed by atoms with Gasteiger partial charge in [0, 0.05) is 30.7 Å². The molecule has 0 radical (unpaired) electrons. The summed E-state index contributed by atoms with van der Waals surface area (Å²) in [5.41, 5.74) is 1.96. The molecular weight excluding hydrogens is 262 g/mol. The topological polar surface area (TPSA) is 39.6 Å². The van der Waals surface area contributed by atoms with Crippen LogP contribution in [0.5, 0.6) is 0 Å². The van der Waals surface area contributed by atoms with Crippen LogP contribution in [0.3, 0.4) is 0 Å². The van der Waals surface area contributed by atoms with Crippen molar-refractivity contribution in [3.8, 4) is 0 Å². The molecule has 0 aliphatic carbocycles. The van der Waals surface area contributed by atoms with Crippen LogP contribution in [0.4, 0.5) is 5.82 Å². The van der Waals surface area contributed by atoms with Crippen molar-refractivity contribution in [1.82, 2.24) is 9.88 Å². The van der Waals surface area contributed by atoms with E-state index in [1.165, 1.54) is 0 Å². The van der Waals surface area contributed by atoms with Crippen LogP contribution in [0.1, 0.15) is 45.4 Å². The zero-order valence-electron chi connectivity index (χ0n) is 14.5. The van der Waals surface area contributed by atoms with E-state index in [4.69, 9.17) is 4.98 Å². The summed E-state index contributed by atoms with van der Waals surface area (Å²) in [6, 6.07) is 4.03. The molecule has 0 aliphatic rings. The van der Waals surface area contributed by atoms with Crippen molar-refractivity contribution < 1.29 is 5.11 Å². The molecule has 0 saturated carbocycles. The van der Waals surface area contributed by atoms with Gasteiger partial charge in [0.1, 0.15) is 5.82 Å². The maximum absolute atomic E-state index is 9.53. The van der Waals surface area contributed by atoms with Crippen LogP contribution in [0, 0.1) is 0 Å². The summed E-state index contributed by atoms with van der Waals surface area (Å²) in [4.78, 5) is 9.34. The first kappa shape index (κ1) is 17.9. The molecule has 0 unspecified atom stereocenters. The van der Waals surface area contributed by atoms with E-state index in [-0.39, 0.29) is 12.0 Å². The Labute approximate surface area is 129 Å². The molecule has 0 atom stereocenters. The molecule has 120 valence electrons. The number of pyridine rings is 1. The van der Waals surface area contributed by atoms with Gasteiger partial charge in [-0.25, -0.2) is 4.98 Å². The van der Waals surface area contributed by atoms with E-state index in [2.05, 4.69) is 51.6 Å². The van der Waals surface area contributed by atoms with Crippen LogP contribution < -0.4 is 4.90 Å². The van der Waals surface area contributed by atoms with Crippen LogP contribution >= 0.6 is 0 Å². The molecule has 1 heterocycles. The molecule has 0 aliphatic heterocycles. The number of hydrogen-bond donors (Lipinski definition) is 1. The number of aliphatic hydroxyl groups is 1. The van der Waals surface area contributed by atoms with Crippen molar-refractivity contribution in [1.29, 1.82) is 0 Å². The number of anilines is 1. The van der Waals surface area contributed by atoms with Crippen molar-refractivity contribution in [2.75, 3.05) is 38.6 Å². The van der Waals surface area contributed by atoms with E-state index < -0.39 is 0 Å². The monoisotopic (exact) mass is 293 g/mol. The third-order valence-electron chi connectivity index (χ3n) is 3.46. The van der Waals surface area contributed by atoms with Gasteiger partial charge in [0.25, 0.3) is 0 Å². The molecule has 1 N–H and O–H groups in total. The predicted molar refractivity (Wildman–Crippen MR) is 89.9 cm³/mol. The lowest BCUT2D eigenvalue weighted by Crippen LogP contribution is -2.33. The summed E-state index contributed by atoms with van der Waals surface area (Å²) in [6.45, 7) is 11.6. The average Bonchev–Trinajstić information content (AvgIpc) is 2.41. The lowest BCUT2D eigenvalue weighted by atomic mass is 9.91. The molecule has 0 amide bonds. The molecule has 4 nitrogen and oxygen atoms in total. The van der Waals surface area contributed by atoms with Crippen LogP contribution in [0.25, 0.3) is 0 Å². The molecule has 1 aromatic heterocycles. The number of hydrogen-bond acceptors (Lipinski definition) is 4. The van der Waals surface area contributed by atoms with Gasteiger partial charge < -0.3 is 14.9 Å². The summed E-state index contributed by atoms with van der Waals surface area (Å²) in [6.07, 6.45) is 1.09. The van der Waals surface area contributed by atoms with E-state index in [0.717, 1.165) is 43.1 Å². The minimum Gasteiger partial charge on any atom is -0.392 e. The summed E-state index contributed by atoms with van der Waals surface area (Å²) in [5.74, 6) is 0.982. The quantitative estimate of drug-likeness (QED) is 0.839. The third kappa shape index (κ3) is 5.64. The zero-order valence-corrected chi connectivity index (χ0v) is 14.5. The normalized spacial score (nSPS) is 12.0. The van der Waals surface area contributed by atoms with Crippen molar-refractivity contribution in [2.45, 2.75) is 46.1 Å². The van der Waals surface area contributed by atoms with Crippen LogP contribution in [-0.2, 0) is 12.0 Å². The minimum atomic E-state index is -0.0145. The van der Waals surface area contributed by atoms with Gasteiger partial charge in [-0.05, 0) is 38.2 Å². The zero-order chi connectivity index (χ0) is 16.0. The third-order valence-corrected chi connectivity index (χ3v) is 3.46. The molecule has 1 aromatic rings. The molecule has 0 aromatic carbocycles. The number of nitrogens with zero attached hydrogens (tertiary/aromatic N) is 3. The average molecular weight is 293 g/mol. The Kier molecular flexibility index (Phi) is 6.62. The first-order valence-corrected chi connectivity index (χ1v) is 7.80. The van der Waals surface area contributed by atoms with Crippen LogP contribution in [0.2, 0.25) is 0 Å². The van der Waals surface area contributed by atoms with Gasteiger partial charge in [-0.15, -0.1) is 0 Å². The summed E-state index contributed by atoms with van der Waals surface area (Å²) in [5, 5.41) is 9.53. The van der Waals surface area contributed by atoms with Crippen molar-refractivity contribution in [3.63, 3.8) is 0 Å². The largest absolute Gasteiger partial charge is 0.392 e. The molecule has 0 bridgehead atoms. The van der Waals surface area contributed by atoms with E-state index in [1.54, 1.807) is 0 Å². The highest BCUT2D eigenvalue weighted by molar-refractivity contribution is 5.44. The Balaban J connectivity index is 3.11. The fourth-order valence-corrected chi connectivity index (χ4v) is 2.14. The van der Waals surface area contributed by atoms with E-state index in [9.17, 15) is 5.11 Å². The summed E-state index contributed by atoms with van der Waals surface area (Å²) >= 11 is 0. The smallest absolute Gasteiger partial charge is 0.129 e. The predicted octanol–water partition coefficient (Wildman–Crippen LogP) is 2.65. The second-order valence-electron chi connectivity index (χ2n) is 6.92. The van der Waals surface area contributed by atoms with Crippen molar-refractivity contribution in [2.24, 2.45) is 0 Å². The second-order valence-corrected chi connectivity index (χ2v) is 6.92. The van der Waals surface area contributed by atoms with Crippen LogP contribution in [0.15, 0.2) is 12.1 Å². The minimum absolute atomic E-state index is 0.0145. The van der Waals surface area contributed by atoms with Gasteiger partial charge in [-0.1, -0.05) is 27.7 Å². The SMILES string of the molecule is CCCN(CCN(C)C)c1cc(CO)cc(C(C)(C)C)n1. The summed E-state index contributed by atoms with van der Waals surface area (Å²) in [7, 11) is 4.17. The van der Waals surface area contributed by atoms with E-state index in [1.807, 2.05) is 12.1 Å². The Morgan fingerprint density at radius 2 is 1.76 bits per heavy atom. The first-order valence-electron chi connectivity index (χ1n) is 7.80. The lowest BCUT2D eigenvalue weighted by molar-refractivity contribution is 0.281. The lowest BCUT2D eigenvalue weighted by Gasteiger charge is -2.28. The van der Waals surface area contributed by atoms with E-state index >= 15 is 0 Å². The molecular formula is C17H31N3O. The Morgan fingerprint density at radius 1 is 1.10 bits per heavy atom. The molecule has 0 fully saturated rings. The van der Waals surface area contributed by atoms with Gasteiger partial charge in [0.15, 0.2) is 0 Å². The van der Waals surface area contributed by atoms with E-state index in [0.29, 0.717) is 0 Å². The second kappa shape index (κ2) is 7.76. The number of aromatic nitrogens is 1. The number of aliphatic hydroxyl groups excluding tert-OH is 1. The molecule has 4 heteroatoms. The highest BCUT2D eigenvalue weighted by Gasteiger charge is 2.19. The molecule has 0 spiro atoms. The highest BCUT2D eigenvalue weighted by Crippen LogP contribution is 2.25. The summed E-state index contributed by atoms with van der Waals surface area (Å²) < 4.78 is 0. The first-order chi connectivity index (χ1) is 9.77. The fraction of sp³-hybridized carbons (Fsp3) is 0.706. The van der Waals surface area contributed by atoms with Crippen molar-refractivity contribution >= 4 is 5.82 Å². The Bertz CT molecular complexity index is 438.